The van der Waals surface area contributed by atoms with Gasteiger partial charge in [-0.3, -0.25) is 4.79 Å². The summed E-state index contributed by atoms with van der Waals surface area (Å²) in [6, 6.07) is 14.5. The number of hydrogen-bond acceptors (Lipinski definition) is 6. The van der Waals surface area contributed by atoms with E-state index in [1.807, 2.05) is 12.1 Å². The minimum Gasteiger partial charge on any atom is -0.507 e. The molecule has 9 heteroatoms. The number of rotatable bonds is 7. The number of halogens is 1. The number of nitrogens with zero attached hydrogens (tertiary/aromatic N) is 2. The lowest BCUT2D eigenvalue weighted by molar-refractivity contribution is -0.146. The van der Waals surface area contributed by atoms with Crippen LogP contribution in [-0.2, 0) is 9.53 Å². The first-order valence-electron chi connectivity index (χ1n) is 9.81. The highest BCUT2D eigenvalue weighted by atomic mass is 35.5. The van der Waals surface area contributed by atoms with E-state index < -0.39 is 30.3 Å². The Labute approximate surface area is 189 Å². The van der Waals surface area contributed by atoms with Crippen LogP contribution in [0, 0.1) is 17.2 Å². The van der Waals surface area contributed by atoms with Crippen molar-refractivity contribution in [2.45, 2.75) is 19.9 Å². The van der Waals surface area contributed by atoms with E-state index in [0.717, 1.165) is 0 Å². The van der Waals surface area contributed by atoms with E-state index in [4.69, 9.17) is 16.3 Å². The molecule has 1 aromatic heterocycles. The monoisotopic (exact) mass is 452 g/mol. The SMILES string of the molecule is CC(C)[C@H](NC(=O)c1ccccc1Cl)C(=O)OCC(O)=C(C#N)c1nc2ccccc2[nH]1. The van der Waals surface area contributed by atoms with Crippen LogP contribution in [0.25, 0.3) is 16.6 Å². The smallest absolute Gasteiger partial charge is 0.329 e. The van der Waals surface area contributed by atoms with E-state index in [1.165, 1.54) is 0 Å². The van der Waals surface area contributed by atoms with Gasteiger partial charge in [-0.1, -0.05) is 49.7 Å². The average Bonchev–Trinajstić information content (AvgIpc) is 3.20. The van der Waals surface area contributed by atoms with Gasteiger partial charge in [-0.25, -0.2) is 9.78 Å². The molecule has 0 bridgehead atoms. The second-order valence-electron chi connectivity index (χ2n) is 7.32. The Kier molecular flexibility index (Phi) is 7.13. The van der Waals surface area contributed by atoms with E-state index >= 15 is 0 Å². The quantitative estimate of drug-likeness (QED) is 0.282. The fraction of sp³-hybridized carbons (Fsp3) is 0.217. The zero-order valence-corrected chi connectivity index (χ0v) is 18.2. The molecule has 3 N–H and O–H groups in total. The second-order valence-corrected chi connectivity index (χ2v) is 7.73. The maximum absolute atomic E-state index is 12.6. The Morgan fingerprint density at radius 2 is 1.91 bits per heavy atom. The Morgan fingerprint density at radius 1 is 1.22 bits per heavy atom. The number of ether oxygens (including phenoxy) is 1. The first kappa shape index (κ1) is 22.8. The summed E-state index contributed by atoms with van der Waals surface area (Å²) in [5, 5.41) is 22.7. The molecule has 0 aliphatic heterocycles. The summed E-state index contributed by atoms with van der Waals surface area (Å²) in [4.78, 5) is 32.4. The first-order chi connectivity index (χ1) is 15.3. The van der Waals surface area contributed by atoms with Crippen LogP contribution in [0.5, 0.6) is 0 Å². The number of amides is 1. The Morgan fingerprint density at radius 3 is 2.56 bits per heavy atom. The topological polar surface area (TPSA) is 128 Å². The fourth-order valence-corrected chi connectivity index (χ4v) is 3.21. The molecule has 3 rings (SSSR count). The number of aromatic nitrogens is 2. The first-order valence-corrected chi connectivity index (χ1v) is 10.2. The molecule has 0 radical (unpaired) electrons. The molecular formula is C23H21ClN4O4. The van der Waals surface area contributed by atoms with Gasteiger partial charge in [0.2, 0.25) is 0 Å². The summed E-state index contributed by atoms with van der Waals surface area (Å²) in [5.41, 5.74) is 1.41. The van der Waals surface area contributed by atoms with Crippen molar-refractivity contribution in [2.24, 2.45) is 5.92 Å². The van der Waals surface area contributed by atoms with Gasteiger partial charge in [0, 0.05) is 0 Å². The van der Waals surface area contributed by atoms with E-state index in [-0.39, 0.29) is 27.9 Å². The van der Waals surface area contributed by atoms with Gasteiger partial charge in [-0.05, 0) is 30.2 Å². The van der Waals surface area contributed by atoms with Gasteiger partial charge in [0.1, 0.15) is 24.3 Å². The summed E-state index contributed by atoms with van der Waals surface area (Å²) in [5.74, 6) is -1.87. The number of aliphatic hydroxyl groups excluding tert-OH is 1. The molecule has 8 nitrogen and oxygen atoms in total. The zero-order valence-electron chi connectivity index (χ0n) is 17.4. The number of H-pyrrole nitrogens is 1. The molecule has 1 heterocycles. The average molecular weight is 453 g/mol. The van der Waals surface area contributed by atoms with Crippen molar-refractivity contribution in [1.29, 1.82) is 5.26 Å². The fourth-order valence-electron chi connectivity index (χ4n) is 2.99. The number of carbonyl (C=O) groups is 2. The minimum absolute atomic E-state index is 0.143. The molecule has 0 aliphatic rings. The Hall–Kier alpha value is -3.83. The third-order valence-corrected chi connectivity index (χ3v) is 5.03. The van der Waals surface area contributed by atoms with Crippen LogP contribution in [0.4, 0.5) is 0 Å². The number of fused-ring (bicyclic) bond motifs is 1. The van der Waals surface area contributed by atoms with E-state index in [1.54, 1.807) is 56.3 Å². The molecule has 3 aromatic rings. The highest BCUT2D eigenvalue weighted by Crippen LogP contribution is 2.19. The molecule has 32 heavy (non-hydrogen) atoms. The van der Waals surface area contributed by atoms with Crippen LogP contribution in [-0.4, -0.2) is 39.6 Å². The van der Waals surface area contributed by atoms with Gasteiger partial charge >= 0.3 is 5.97 Å². The van der Waals surface area contributed by atoms with Crippen molar-refractivity contribution in [3.63, 3.8) is 0 Å². The molecule has 0 saturated heterocycles. The molecule has 1 atom stereocenters. The predicted molar refractivity (Wildman–Crippen MR) is 120 cm³/mol. The lowest BCUT2D eigenvalue weighted by atomic mass is 10.0. The molecule has 0 saturated carbocycles. The highest BCUT2D eigenvalue weighted by Gasteiger charge is 2.27. The number of para-hydroxylation sites is 2. The van der Waals surface area contributed by atoms with E-state index in [2.05, 4.69) is 15.3 Å². The van der Waals surface area contributed by atoms with Crippen LogP contribution in [0.1, 0.15) is 30.0 Å². The molecule has 0 aliphatic carbocycles. The van der Waals surface area contributed by atoms with Crippen molar-refractivity contribution in [3.05, 3.63) is 70.7 Å². The Balaban J connectivity index is 1.73. The zero-order chi connectivity index (χ0) is 23.3. The van der Waals surface area contributed by atoms with Crippen LogP contribution >= 0.6 is 11.6 Å². The number of benzene rings is 2. The third kappa shape index (κ3) is 5.07. The molecule has 0 spiro atoms. The maximum atomic E-state index is 12.6. The van der Waals surface area contributed by atoms with Crippen molar-refractivity contribution in [1.82, 2.24) is 15.3 Å². The van der Waals surface area contributed by atoms with Gasteiger partial charge in [-0.2, -0.15) is 5.26 Å². The summed E-state index contributed by atoms with van der Waals surface area (Å²) in [6.45, 7) is 2.93. The highest BCUT2D eigenvalue weighted by molar-refractivity contribution is 6.33. The lowest BCUT2D eigenvalue weighted by Gasteiger charge is -2.21. The van der Waals surface area contributed by atoms with Gasteiger partial charge < -0.3 is 20.1 Å². The van der Waals surface area contributed by atoms with E-state index in [0.29, 0.717) is 11.0 Å². The summed E-state index contributed by atoms with van der Waals surface area (Å²) in [7, 11) is 0. The van der Waals surface area contributed by atoms with Crippen molar-refractivity contribution in [2.75, 3.05) is 6.61 Å². The Bertz CT molecular complexity index is 1190. The standard InChI is InChI=1S/C23H21ClN4O4/c1-13(2)20(28-22(30)14-7-3-4-8-16(14)24)23(31)32-12-19(29)15(11-25)21-26-17-9-5-6-10-18(17)27-21/h3-10,13,20,29H,12H2,1-2H3,(H,26,27)(H,28,30)/t20-/m0/s1. The number of hydrogen-bond donors (Lipinski definition) is 3. The van der Waals surface area contributed by atoms with Crippen molar-refractivity contribution < 1.29 is 19.4 Å². The molecule has 164 valence electrons. The largest absolute Gasteiger partial charge is 0.507 e. The van der Waals surface area contributed by atoms with Crippen LogP contribution < -0.4 is 5.32 Å². The van der Waals surface area contributed by atoms with Gasteiger partial charge in [0.15, 0.2) is 11.6 Å². The van der Waals surface area contributed by atoms with Crippen molar-refractivity contribution in [3.8, 4) is 6.07 Å². The normalized spacial score (nSPS) is 12.7. The van der Waals surface area contributed by atoms with E-state index in [9.17, 15) is 20.0 Å². The number of imidazole rings is 1. The summed E-state index contributed by atoms with van der Waals surface area (Å²) < 4.78 is 5.19. The minimum atomic E-state index is -0.983. The number of nitrogens with one attached hydrogen (secondary N) is 2. The number of aromatic amines is 1. The molecule has 1 amide bonds. The van der Waals surface area contributed by atoms with Crippen molar-refractivity contribution >= 4 is 40.1 Å². The number of esters is 1. The number of carbonyl (C=O) groups excluding carboxylic acids is 2. The summed E-state index contributed by atoms with van der Waals surface area (Å²) >= 11 is 6.05. The predicted octanol–water partition coefficient (Wildman–Crippen LogP) is 4.01. The number of aliphatic hydroxyl groups is 1. The molecule has 0 fully saturated rings. The molecule has 0 unspecified atom stereocenters. The maximum Gasteiger partial charge on any atom is 0.329 e. The van der Waals surface area contributed by atoms with Crippen LogP contribution in [0.15, 0.2) is 54.3 Å². The number of nitriles is 1. The number of allylic oxidation sites excluding steroid dienone is 1. The van der Waals surface area contributed by atoms with Gasteiger partial charge in [0.25, 0.3) is 5.91 Å². The summed E-state index contributed by atoms with van der Waals surface area (Å²) in [6.07, 6.45) is 0. The van der Waals surface area contributed by atoms with Gasteiger partial charge in [-0.15, -0.1) is 0 Å². The second kappa shape index (κ2) is 9.98. The third-order valence-electron chi connectivity index (χ3n) is 4.70. The molecule has 2 aromatic carbocycles. The lowest BCUT2D eigenvalue weighted by Crippen LogP contribution is -2.45. The van der Waals surface area contributed by atoms with Crippen LogP contribution in [0.2, 0.25) is 5.02 Å². The van der Waals surface area contributed by atoms with Crippen LogP contribution in [0.3, 0.4) is 0 Å². The van der Waals surface area contributed by atoms with Gasteiger partial charge in [0.05, 0.1) is 21.6 Å². The molecular weight excluding hydrogens is 432 g/mol.